The summed E-state index contributed by atoms with van der Waals surface area (Å²) in [4.78, 5) is 14.5. The number of halogens is 2. The van der Waals surface area contributed by atoms with Gasteiger partial charge in [0.05, 0.1) is 24.1 Å². The molecule has 0 atom stereocenters. The third-order valence-corrected chi connectivity index (χ3v) is 6.13. The fourth-order valence-corrected chi connectivity index (χ4v) is 4.41. The number of hydrogen-bond donors (Lipinski definition) is 1. The zero-order valence-electron chi connectivity index (χ0n) is 14.9. The number of aromatic nitrogens is 2. The van der Waals surface area contributed by atoms with Crippen molar-refractivity contribution in [3.05, 3.63) is 70.0 Å². The fourth-order valence-electron chi connectivity index (χ4n) is 2.95. The Labute approximate surface area is 177 Å². The highest BCUT2D eigenvalue weighted by Crippen LogP contribution is 2.23. The Morgan fingerprint density at radius 1 is 1.24 bits per heavy atom. The third-order valence-electron chi connectivity index (χ3n) is 4.40. The molecule has 0 saturated heterocycles. The third kappa shape index (κ3) is 4.21. The molecule has 0 unspecified atom stereocenters. The molecule has 1 aromatic heterocycles. The van der Waals surface area contributed by atoms with Gasteiger partial charge in [-0.1, -0.05) is 29.3 Å². The van der Waals surface area contributed by atoms with Gasteiger partial charge >= 0.3 is 0 Å². The van der Waals surface area contributed by atoms with Crippen LogP contribution in [0.2, 0.25) is 10.0 Å². The van der Waals surface area contributed by atoms with E-state index >= 15 is 0 Å². The van der Waals surface area contributed by atoms with Gasteiger partial charge in [-0.2, -0.15) is 5.10 Å². The summed E-state index contributed by atoms with van der Waals surface area (Å²) in [5.41, 5.74) is 0.942. The topological polar surface area (TPSA) is 96.7 Å². The summed E-state index contributed by atoms with van der Waals surface area (Å²) in [6.07, 6.45) is 6.44. The number of nitrogens with one attached hydrogen (secondary N) is 1. The van der Waals surface area contributed by atoms with Crippen LogP contribution in [0, 0.1) is 0 Å². The molecule has 0 radical (unpaired) electrons. The van der Waals surface area contributed by atoms with E-state index in [0.717, 1.165) is 5.56 Å². The summed E-state index contributed by atoms with van der Waals surface area (Å²) in [6, 6.07) is 6.78. The van der Waals surface area contributed by atoms with Crippen LogP contribution in [-0.4, -0.2) is 47.1 Å². The zero-order chi connectivity index (χ0) is 20.6. The second-order valence-corrected chi connectivity index (χ2v) is 8.98. The van der Waals surface area contributed by atoms with Gasteiger partial charge in [0.25, 0.3) is 15.9 Å². The first kappa shape index (κ1) is 19.7. The molecule has 3 heterocycles. The SMILES string of the molecule is O=C(Nc1ccnn1Cc1ccc(Cl)cc1Cl)C1=CC=CN2CCS(=O)(=O)N=C12. The lowest BCUT2D eigenvalue weighted by Gasteiger charge is -2.28. The first-order chi connectivity index (χ1) is 13.8. The summed E-state index contributed by atoms with van der Waals surface area (Å²) in [5, 5.41) is 7.99. The number of rotatable bonds is 4. The molecule has 2 aromatic rings. The molecule has 2 aliphatic heterocycles. The number of carbonyl (C=O) groups is 1. The van der Waals surface area contributed by atoms with E-state index in [4.69, 9.17) is 23.2 Å². The molecular formula is C18H15Cl2N5O3S. The molecule has 29 heavy (non-hydrogen) atoms. The van der Waals surface area contributed by atoms with Crippen molar-refractivity contribution in [1.29, 1.82) is 0 Å². The van der Waals surface area contributed by atoms with Crippen molar-refractivity contribution in [2.45, 2.75) is 6.54 Å². The summed E-state index contributed by atoms with van der Waals surface area (Å²) in [6.45, 7) is 0.564. The number of allylic oxidation sites excluding steroid dienone is 2. The smallest absolute Gasteiger partial charge is 0.260 e. The molecule has 2 aliphatic rings. The van der Waals surface area contributed by atoms with Gasteiger partial charge in [-0.3, -0.25) is 4.79 Å². The van der Waals surface area contributed by atoms with Crippen LogP contribution in [0.5, 0.6) is 0 Å². The van der Waals surface area contributed by atoms with E-state index in [-0.39, 0.29) is 23.7 Å². The summed E-state index contributed by atoms with van der Waals surface area (Å²) in [5.74, 6) is -0.0332. The molecule has 150 valence electrons. The lowest BCUT2D eigenvalue weighted by molar-refractivity contribution is -0.112. The monoisotopic (exact) mass is 451 g/mol. The number of amides is 1. The minimum absolute atomic E-state index is 0.0929. The number of carbonyl (C=O) groups excluding carboxylic acids is 1. The van der Waals surface area contributed by atoms with Crippen molar-refractivity contribution in [3.63, 3.8) is 0 Å². The quantitative estimate of drug-likeness (QED) is 0.770. The molecule has 0 bridgehead atoms. The van der Waals surface area contributed by atoms with E-state index < -0.39 is 15.9 Å². The van der Waals surface area contributed by atoms with E-state index in [0.29, 0.717) is 22.4 Å². The number of anilines is 1. The van der Waals surface area contributed by atoms with E-state index in [2.05, 4.69) is 14.8 Å². The largest absolute Gasteiger partial charge is 0.331 e. The van der Waals surface area contributed by atoms with Gasteiger partial charge in [0.1, 0.15) is 5.82 Å². The number of benzene rings is 1. The van der Waals surface area contributed by atoms with Crippen LogP contribution in [0.1, 0.15) is 5.56 Å². The van der Waals surface area contributed by atoms with Crippen LogP contribution in [0.3, 0.4) is 0 Å². The number of hydrogen-bond acceptors (Lipinski definition) is 5. The van der Waals surface area contributed by atoms with Gasteiger partial charge in [-0.25, -0.2) is 13.1 Å². The molecule has 11 heteroatoms. The molecule has 0 fully saturated rings. The Morgan fingerprint density at radius 2 is 2.07 bits per heavy atom. The molecule has 0 spiro atoms. The van der Waals surface area contributed by atoms with E-state index in [1.54, 1.807) is 52.3 Å². The zero-order valence-corrected chi connectivity index (χ0v) is 17.2. The molecule has 0 saturated carbocycles. The van der Waals surface area contributed by atoms with Crippen molar-refractivity contribution < 1.29 is 13.2 Å². The molecule has 1 amide bonds. The molecule has 1 N–H and O–H groups in total. The Hall–Kier alpha value is -2.62. The van der Waals surface area contributed by atoms with Gasteiger partial charge in [0, 0.05) is 28.9 Å². The second kappa shape index (κ2) is 7.66. The molecular weight excluding hydrogens is 437 g/mol. The number of fused-ring (bicyclic) bond motifs is 1. The van der Waals surface area contributed by atoms with E-state index in [9.17, 15) is 13.2 Å². The minimum atomic E-state index is -3.59. The Kier molecular flexibility index (Phi) is 5.20. The van der Waals surface area contributed by atoms with Crippen LogP contribution in [0.25, 0.3) is 0 Å². The van der Waals surface area contributed by atoms with Gasteiger partial charge in [0.2, 0.25) is 0 Å². The van der Waals surface area contributed by atoms with Crippen LogP contribution < -0.4 is 5.32 Å². The van der Waals surface area contributed by atoms with Crippen LogP contribution >= 0.6 is 23.2 Å². The number of amidine groups is 1. The van der Waals surface area contributed by atoms with Gasteiger partial charge in [0.15, 0.2) is 5.84 Å². The minimum Gasteiger partial charge on any atom is -0.331 e. The van der Waals surface area contributed by atoms with Crippen LogP contribution in [0.15, 0.2) is 58.8 Å². The molecule has 1 aromatic carbocycles. The van der Waals surface area contributed by atoms with Crippen LogP contribution in [0.4, 0.5) is 5.82 Å². The summed E-state index contributed by atoms with van der Waals surface area (Å²) in [7, 11) is -3.59. The Bertz CT molecular complexity index is 1180. The fraction of sp³-hybridized carbons (Fsp3) is 0.167. The maximum absolute atomic E-state index is 12.8. The van der Waals surface area contributed by atoms with E-state index in [1.165, 1.54) is 6.08 Å². The predicted octanol–water partition coefficient (Wildman–Crippen LogP) is 2.67. The van der Waals surface area contributed by atoms with Crippen molar-refractivity contribution in [2.75, 3.05) is 17.6 Å². The maximum atomic E-state index is 12.8. The predicted molar refractivity (Wildman–Crippen MR) is 112 cm³/mol. The molecule has 0 aliphatic carbocycles. The number of sulfonamides is 1. The molecule has 8 nitrogen and oxygen atoms in total. The van der Waals surface area contributed by atoms with E-state index in [1.807, 2.05) is 0 Å². The summed E-state index contributed by atoms with van der Waals surface area (Å²) < 4.78 is 29.1. The normalized spacial score (nSPS) is 17.4. The van der Waals surface area contributed by atoms with Crippen molar-refractivity contribution in [3.8, 4) is 0 Å². The number of nitrogens with zero attached hydrogens (tertiary/aromatic N) is 4. The second-order valence-electron chi connectivity index (χ2n) is 6.38. The molecule has 4 rings (SSSR count). The van der Waals surface area contributed by atoms with Gasteiger partial charge < -0.3 is 10.2 Å². The van der Waals surface area contributed by atoms with Crippen molar-refractivity contribution in [1.82, 2.24) is 14.7 Å². The highest BCUT2D eigenvalue weighted by atomic mass is 35.5. The van der Waals surface area contributed by atoms with Crippen molar-refractivity contribution in [2.24, 2.45) is 4.40 Å². The highest BCUT2D eigenvalue weighted by molar-refractivity contribution is 7.90. The summed E-state index contributed by atoms with van der Waals surface area (Å²) >= 11 is 12.1. The van der Waals surface area contributed by atoms with Crippen LogP contribution in [-0.2, 0) is 21.4 Å². The van der Waals surface area contributed by atoms with Gasteiger partial charge in [-0.05, 0) is 29.8 Å². The Morgan fingerprint density at radius 3 is 2.86 bits per heavy atom. The highest BCUT2D eigenvalue weighted by Gasteiger charge is 2.30. The average molecular weight is 452 g/mol. The van der Waals surface area contributed by atoms with Gasteiger partial charge in [-0.15, -0.1) is 4.40 Å². The standard InChI is InChI=1S/C18H15Cl2N5O3S/c19-13-4-3-12(15(20)10-13)11-25-16(5-6-21-25)22-18(26)14-2-1-7-24-8-9-29(27,28)23-17(14)24/h1-7,10H,8-9,11H2,(H,22,26). The Balaban J connectivity index is 1.57. The first-order valence-electron chi connectivity index (χ1n) is 8.58. The first-order valence-corrected chi connectivity index (χ1v) is 10.9. The lowest BCUT2D eigenvalue weighted by atomic mass is 10.1. The average Bonchev–Trinajstić information content (AvgIpc) is 3.09. The van der Waals surface area contributed by atoms with Crippen molar-refractivity contribution >= 4 is 50.8 Å². The maximum Gasteiger partial charge on any atom is 0.260 e. The lowest BCUT2D eigenvalue weighted by Crippen LogP contribution is -2.41.